The van der Waals surface area contributed by atoms with E-state index in [-0.39, 0.29) is 24.2 Å². The van der Waals surface area contributed by atoms with Crippen molar-refractivity contribution in [2.24, 2.45) is 11.7 Å². The van der Waals surface area contributed by atoms with Gasteiger partial charge in [-0.1, -0.05) is 18.2 Å². The van der Waals surface area contributed by atoms with Crippen LogP contribution in [-0.4, -0.2) is 23.0 Å². The average molecular weight is 440 g/mol. The van der Waals surface area contributed by atoms with E-state index in [1.165, 1.54) is 6.07 Å². The molecule has 0 aliphatic heterocycles. The number of hydrogen-bond donors (Lipinski definition) is 2. The van der Waals surface area contributed by atoms with Crippen LogP contribution in [0.25, 0.3) is 11.3 Å². The molecular weight excluding hydrogens is 415 g/mol. The van der Waals surface area contributed by atoms with Crippen molar-refractivity contribution in [3.05, 3.63) is 53.7 Å². The predicted molar refractivity (Wildman–Crippen MR) is 111 cm³/mol. The fourth-order valence-corrected chi connectivity index (χ4v) is 4.25. The number of nitrogens with zero attached hydrogens (tertiary/aromatic N) is 1. The van der Waals surface area contributed by atoms with Gasteiger partial charge in [0.25, 0.3) is 0 Å². The molecule has 3 N–H and O–H groups in total. The monoisotopic (exact) mass is 439 g/mol. The standard InChI is InChI=1S/C22H24F3N3O.ClH/c23-22(24,25)16-3-1-2-14(10-16)19-9-6-15(12-27-19)18-11-20(18)28-17-7-4-13(5-8-17)21(26)29;/h1-3,6,9-10,12-13,17-18,20,28H,4-5,7-8,11H2,(H2,26,29);1H/t13?,17?,18-,20+;/m0./s1. The lowest BCUT2D eigenvalue weighted by Crippen LogP contribution is -2.38. The Morgan fingerprint density at radius 2 is 1.83 bits per heavy atom. The maximum atomic E-state index is 12.9. The molecule has 1 heterocycles. The van der Waals surface area contributed by atoms with E-state index < -0.39 is 11.7 Å². The molecule has 162 valence electrons. The van der Waals surface area contributed by atoms with Crippen molar-refractivity contribution in [3.63, 3.8) is 0 Å². The van der Waals surface area contributed by atoms with Gasteiger partial charge < -0.3 is 11.1 Å². The van der Waals surface area contributed by atoms with Crippen molar-refractivity contribution in [1.82, 2.24) is 10.3 Å². The van der Waals surface area contributed by atoms with Crippen LogP contribution in [0.15, 0.2) is 42.6 Å². The molecule has 0 bridgehead atoms. The molecule has 2 atom stereocenters. The van der Waals surface area contributed by atoms with Gasteiger partial charge in [-0.25, -0.2) is 0 Å². The van der Waals surface area contributed by atoms with Gasteiger partial charge >= 0.3 is 6.18 Å². The summed E-state index contributed by atoms with van der Waals surface area (Å²) in [5, 5.41) is 3.67. The van der Waals surface area contributed by atoms with Gasteiger partial charge in [-0.15, -0.1) is 12.4 Å². The van der Waals surface area contributed by atoms with E-state index in [9.17, 15) is 18.0 Å². The number of rotatable bonds is 5. The molecule has 4 nitrogen and oxygen atoms in total. The minimum absolute atomic E-state index is 0. The highest BCUT2D eigenvalue weighted by atomic mass is 35.5. The Labute approximate surface area is 179 Å². The zero-order chi connectivity index (χ0) is 20.6. The van der Waals surface area contributed by atoms with Gasteiger partial charge in [0.05, 0.1) is 11.3 Å². The highest BCUT2D eigenvalue weighted by Gasteiger charge is 2.40. The van der Waals surface area contributed by atoms with E-state index in [1.54, 1.807) is 18.3 Å². The lowest BCUT2D eigenvalue weighted by Gasteiger charge is -2.27. The summed E-state index contributed by atoms with van der Waals surface area (Å²) in [6.07, 6.45) is 2.05. The second-order valence-corrected chi connectivity index (χ2v) is 8.12. The summed E-state index contributed by atoms with van der Waals surface area (Å²) in [6, 6.07) is 9.80. The lowest BCUT2D eigenvalue weighted by atomic mass is 9.85. The minimum atomic E-state index is -4.36. The maximum absolute atomic E-state index is 12.9. The highest BCUT2D eigenvalue weighted by molar-refractivity contribution is 5.85. The zero-order valence-electron chi connectivity index (χ0n) is 16.4. The SMILES string of the molecule is Cl.NC(=O)C1CCC(N[C@@H]2C[C@H]2c2ccc(-c3cccc(C(F)(F)F)c3)nc2)CC1. The Bertz CT molecular complexity index is 880. The van der Waals surface area contributed by atoms with Crippen molar-refractivity contribution < 1.29 is 18.0 Å². The molecule has 2 aromatic rings. The van der Waals surface area contributed by atoms with Gasteiger partial charge in [0, 0.05) is 35.7 Å². The normalized spacial score (nSPS) is 26.0. The largest absolute Gasteiger partial charge is 0.416 e. The summed E-state index contributed by atoms with van der Waals surface area (Å²) in [6.45, 7) is 0. The third-order valence-electron chi connectivity index (χ3n) is 6.07. The molecule has 0 saturated heterocycles. The van der Waals surface area contributed by atoms with Crippen LogP contribution in [0.5, 0.6) is 0 Å². The van der Waals surface area contributed by atoms with Gasteiger partial charge in [0.2, 0.25) is 5.91 Å². The number of pyridine rings is 1. The van der Waals surface area contributed by atoms with E-state index >= 15 is 0 Å². The van der Waals surface area contributed by atoms with Crippen molar-refractivity contribution >= 4 is 18.3 Å². The van der Waals surface area contributed by atoms with Crippen LogP contribution in [-0.2, 0) is 11.0 Å². The van der Waals surface area contributed by atoms with E-state index in [0.29, 0.717) is 29.3 Å². The smallest absolute Gasteiger partial charge is 0.369 e. The molecule has 2 aliphatic carbocycles. The summed E-state index contributed by atoms with van der Waals surface area (Å²) < 4.78 is 38.7. The Hall–Kier alpha value is -2.12. The summed E-state index contributed by atoms with van der Waals surface area (Å²) in [7, 11) is 0. The Balaban J connectivity index is 0.00000256. The van der Waals surface area contributed by atoms with Crippen LogP contribution in [0.1, 0.15) is 49.1 Å². The molecule has 1 aromatic heterocycles. The highest BCUT2D eigenvalue weighted by Crippen LogP contribution is 2.42. The number of primary amides is 1. The number of aromatic nitrogens is 1. The fourth-order valence-electron chi connectivity index (χ4n) is 4.25. The third kappa shape index (κ3) is 5.13. The number of hydrogen-bond acceptors (Lipinski definition) is 3. The number of alkyl halides is 3. The van der Waals surface area contributed by atoms with Crippen molar-refractivity contribution in [2.45, 2.75) is 56.3 Å². The first-order valence-corrected chi connectivity index (χ1v) is 10.00. The van der Waals surface area contributed by atoms with Crippen LogP contribution in [0, 0.1) is 5.92 Å². The molecule has 2 fully saturated rings. The molecule has 1 amide bonds. The van der Waals surface area contributed by atoms with E-state index in [2.05, 4.69) is 10.3 Å². The zero-order valence-corrected chi connectivity index (χ0v) is 17.2. The van der Waals surface area contributed by atoms with Crippen molar-refractivity contribution in [3.8, 4) is 11.3 Å². The van der Waals surface area contributed by atoms with E-state index in [0.717, 1.165) is 49.8 Å². The number of amides is 1. The van der Waals surface area contributed by atoms with Crippen LogP contribution in [0.2, 0.25) is 0 Å². The quantitative estimate of drug-likeness (QED) is 0.710. The molecule has 30 heavy (non-hydrogen) atoms. The van der Waals surface area contributed by atoms with Gasteiger partial charge in [-0.3, -0.25) is 9.78 Å². The first-order chi connectivity index (χ1) is 13.8. The van der Waals surface area contributed by atoms with Crippen LogP contribution >= 0.6 is 12.4 Å². The maximum Gasteiger partial charge on any atom is 0.416 e. The molecule has 2 aliphatic rings. The molecular formula is C22H25ClF3N3O. The molecule has 4 rings (SSSR count). The molecule has 1 aromatic carbocycles. The minimum Gasteiger partial charge on any atom is -0.369 e. The third-order valence-corrected chi connectivity index (χ3v) is 6.07. The van der Waals surface area contributed by atoms with Gasteiger partial charge in [0.15, 0.2) is 0 Å². The van der Waals surface area contributed by atoms with Crippen molar-refractivity contribution in [1.29, 1.82) is 0 Å². The number of nitrogens with two attached hydrogens (primary N) is 1. The first kappa shape index (κ1) is 22.6. The van der Waals surface area contributed by atoms with Gasteiger partial charge in [0.1, 0.15) is 0 Å². The second kappa shape index (κ2) is 8.94. The number of carbonyl (C=O) groups is 1. The van der Waals surface area contributed by atoms with E-state index in [1.807, 2.05) is 6.07 Å². The summed E-state index contributed by atoms with van der Waals surface area (Å²) in [5.41, 5.74) is 6.82. The molecule has 2 saturated carbocycles. The lowest BCUT2D eigenvalue weighted by molar-refractivity contribution is -0.137. The summed E-state index contributed by atoms with van der Waals surface area (Å²) in [5.74, 6) is 0.197. The predicted octanol–water partition coefficient (Wildman–Crippen LogP) is 4.68. The summed E-state index contributed by atoms with van der Waals surface area (Å²) >= 11 is 0. The number of nitrogens with one attached hydrogen (secondary N) is 1. The molecule has 0 radical (unpaired) electrons. The summed E-state index contributed by atoms with van der Waals surface area (Å²) in [4.78, 5) is 15.7. The fraction of sp³-hybridized carbons (Fsp3) is 0.455. The molecule has 0 unspecified atom stereocenters. The average Bonchev–Trinajstić information content (AvgIpc) is 3.47. The molecule has 0 spiro atoms. The Morgan fingerprint density at radius 1 is 1.10 bits per heavy atom. The number of carbonyl (C=O) groups excluding carboxylic acids is 1. The number of benzene rings is 1. The van der Waals surface area contributed by atoms with Crippen LogP contribution < -0.4 is 11.1 Å². The van der Waals surface area contributed by atoms with Gasteiger partial charge in [-0.2, -0.15) is 13.2 Å². The van der Waals surface area contributed by atoms with Crippen LogP contribution in [0.3, 0.4) is 0 Å². The topological polar surface area (TPSA) is 68.0 Å². The van der Waals surface area contributed by atoms with E-state index in [4.69, 9.17) is 5.73 Å². The van der Waals surface area contributed by atoms with Gasteiger partial charge in [-0.05, 0) is 55.9 Å². The van der Waals surface area contributed by atoms with Crippen LogP contribution in [0.4, 0.5) is 13.2 Å². The number of halogens is 4. The first-order valence-electron chi connectivity index (χ1n) is 10.00. The molecule has 8 heteroatoms. The Morgan fingerprint density at radius 3 is 2.43 bits per heavy atom. The van der Waals surface area contributed by atoms with Crippen molar-refractivity contribution in [2.75, 3.05) is 0 Å². The second-order valence-electron chi connectivity index (χ2n) is 8.12. The Kier molecular flexibility index (Phi) is 6.72.